The molecule has 0 saturated heterocycles. The van der Waals surface area contributed by atoms with Crippen molar-refractivity contribution in [2.45, 2.75) is 284 Å². The minimum atomic E-state index is -0.794. The Balaban J connectivity index is 4.40. The third-order valence-electron chi connectivity index (χ3n) is 12.1. The highest BCUT2D eigenvalue weighted by atomic mass is 16.6. The summed E-state index contributed by atoms with van der Waals surface area (Å²) in [6, 6.07) is 0. The predicted molar refractivity (Wildman–Crippen MR) is 279 cm³/mol. The van der Waals surface area contributed by atoms with Gasteiger partial charge in [-0.05, 0) is 64.2 Å². The molecule has 0 aromatic carbocycles. The molecule has 0 fully saturated rings. The van der Waals surface area contributed by atoms with Crippen LogP contribution in [0.2, 0.25) is 0 Å². The minimum absolute atomic E-state index is 0.0894. The Hall–Kier alpha value is -2.89. The fraction of sp³-hybridized carbons (Fsp3) is 0.780. The van der Waals surface area contributed by atoms with E-state index in [0.29, 0.717) is 19.3 Å². The van der Waals surface area contributed by atoms with E-state index in [9.17, 15) is 14.4 Å². The van der Waals surface area contributed by atoms with Gasteiger partial charge in [-0.1, -0.05) is 255 Å². The molecule has 0 radical (unpaired) electrons. The zero-order valence-electron chi connectivity index (χ0n) is 43.0. The molecule has 0 amide bonds. The van der Waals surface area contributed by atoms with Crippen LogP contribution in [0.25, 0.3) is 0 Å². The van der Waals surface area contributed by atoms with Gasteiger partial charge in [-0.25, -0.2) is 0 Å². The summed E-state index contributed by atoms with van der Waals surface area (Å²) in [6.45, 7) is 6.49. The van der Waals surface area contributed by atoms with Gasteiger partial charge in [-0.15, -0.1) is 0 Å². The third kappa shape index (κ3) is 51.9. The van der Waals surface area contributed by atoms with Gasteiger partial charge in [0.05, 0.1) is 0 Å². The van der Waals surface area contributed by atoms with E-state index in [1.54, 1.807) is 0 Å². The number of carbonyl (C=O) groups excluding carboxylic acids is 3. The zero-order valence-corrected chi connectivity index (χ0v) is 43.0. The van der Waals surface area contributed by atoms with E-state index in [2.05, 4.69) is 81.5 Å². The Kier molecular flexibility index (Phi) is 51.3. The SMILES string of the molecule is CC/C=C/C=C/C=C/CCCCCCCC(=O)OCC(COC(=O)CCCCCCCCCCCCCCCCCCCC)OC(=O)CCCCC/C=C/C=C/CCCCCCCCC. The Labute approximate surface area is 402 Å². The first-order chi connectivity index (χ1) is 32.0. The summed E-state index contributed by atoms with van der Waals surface area (Å²) in [5.74, 6) is -0.928. The van der Waals surface area contributed by atoms with Gasteiger partial charge in [-0.3, -0.25) is 14.4 Å². The quantitative estimate of drug-likeness (QED) is 0.0262. The molecular formula is C59H104O6. The summed E-state index contributed by atoms with van der Waals surface area (Å²) in [5.41, 5.74) is 0. The highest BCUT2D eigenvalue weighted by molar-refractivity contribution is 5.71. The fourth-order valence-corrected chi connectivity index (χ4v) is 7.90. The van der Waals surface area contributed by atoms with Gasteiger partial charge in [-0.2, -0.15) is 0 Å². The van der Waals surface area contributed by atoms with Gasteiger partial charge in [0.15, 0.2) is 6.10 Å². The van der Waals surface area contributed by atoms with Crippen LogP contribution in [0.4, 0.5) is 0 Å². The van der Waals surface area contributed by atoms with Crippen LogP contribution in [0, 0.1) is 0 Å². The van der Waals surface area contributed by atoms with Gasteiger partial charge < -0.3 is 14.2 Å². The molecule has 65 heavy (non-hydrogen) atoms. The van der Waals surface area contributed by atoms with Gasteiger partial charge in [0.25, 0.3) is 0 Å². The van der Waals surface area contributed by atoms with E-state index in [0.717, 1.165) is 96.3 Å². The largest absolute Gasteiger partial charge is 0.462 e. The molecule has 1 atom stereocenters. The van der Waals surface area contributed by atoms with Gasteiger partial charge >= 0.3 is 17.9 Å². The van der Waals surface area contributed by atoms with Crippen molar-refractivity contribution in [3.8, 4) is 0 Å². The Morgan fingerprint density at radius 1 is 0.323 bits per heavy atom. The van der Waals surface area contributed by atoms with Crippen LogP contribution in [0.3, 0.4) is 0 Å². The van der Waals surface area contributed by atoms with Gasteiger partial charge in [0, 0.05) is 19.3 Å². The Morgan fingerprint density at radius 3 is 0.954 bits per heavy atom. The molecule has 0 heterocycles. The van der Waals surface area contributed by atoms with Crippen molar-refractivity contribution in [3.05, 3.63) is 60.8 Å². The molecule has 0 aliphatic rings. The lowest BCUT2D eigenvalue weighted by atomic mass is 10.0. The first-order valence-corrected chi connectivity index (χ1v) is 27.8. The van der Waals surface area contributed by atoms with Crippen molar-refractivity contribution in [2.24, 2.45) is 0 Å². The molecular weight excluding hydrogens is 805 g/mol. The topological polar surface area (TPSA) is 78.9 Å². The van der Waals surface area contributed by atoms with Crippen LogP contribution >= 0.6 is 0 Å². The minimum Gasteiger partial charge on any atom is -0.462 e. The first-order valence-electron chi connectivity index (χ1n) is 27.8. The lowest BCUT2D eigenvalue weighted by molar-refractivity contribution is -0.167. The summed E-state index contributed by atoms with van der Waals surface area (Å²) < 4.78 is 16.8. The number of esters is 3. The van der Waals surface area contributed by atoms with Gasteiger partial charge in [0.1, 0.15) is 13.2 Å². The van der Waals surface area contributed by atoms with Crippen molar-refractivity contribution in [1.29, 1.82) is 0 Å². The maximum absolute atomic E-state index is 12.8. The average molecular weight is 909 g/mol. The van der Waals surface area contributed by atoms with Crippen LogP contribution in [0.5, 0.6) is 0 Å². The lowest BCUT2D eigenvalue weighted by Gasteiger charge is -2.18. The predicted octanol–water partition coefficient (Wildman–Crippen LogP) is 18.4. The molecule has 0 rings (SSSR count). The smallest absolute Gasteiger partial charge is 0.306 e. The fourth-order valence-electron chi connectivity index (χ4n) is 7.90. The highest BCUT2D eigenvalue weighted by Crippen LogP contribution is 2.16. The van der Waals surface area contributed by atoms with Crippen molar-refractivity contribution in [1.82, 2.24) is 0 Å². The Morgan fingerprint density at radius 2 is 0.600 bits per heavy atom. The maximum atomic E-state index is 12.8. The summed E-state index contributed by atoms with van der Waals surface area (Å²) in [6.07, 6.45) is 66.4. The van der Waals surface area contributed by atoms with Crippen LogP contribution < -0.4 is 0 Å². The van der Waals surface area contributed by atoms with Crippen LogP contribution in [0.1, 0.15) is 278 Å². The molecule has 0 aliphatic heterocycles. The van der Waals surface area contributed by atoms with Crippen LogP contribution in [-0.2, 0) is 28.6 Å². The normalized spacial score (nSPS) is 12.5. The molecule has 0 spiro atoms. The molecule has 0 saturated carbocycles. The molecule has 6 heteroatoms. The summed E-state index contributed by atoms with van der Waals surface area (Å²) in [5, 5.41) is 0. The third-order valence-corrected chi connectivity index (χ3v) is 12.1. The molecule has 6 nitrogen and oxygen atoms in total. The zero-order chi connectivity index (χ0) is 47.2. The monoisotopic (exact) mass is 909 g/mol. The lowest BCUT2D eigenvalue weighted by Crippen LogP contribution is -2.30. The van der Waals surface area contributed by atoms with E-state index in [4.69, 9.17) is 14.2 Å². The van der Waals surface area contributed by atoms with E-state index >= 15 is 0 Å². The van der Waals surface area contributed by atoms with Crippen molar-refractivity contribution in [2.75, 3.05) is 13.2 Å². The standard InChI is InChI=1S/C59H104O6/c1-4-7-10-13-16-19-22-25-27-29-30-32-34-37-40-43-46-49-52-58(61)64-55-56(54-63-57(60)51-48-45-42-39-36-33-24-21-18-15-12-9-6-3)65-59(62)53-50-47-44-41-38-35-31-28-26-23-20-17-14-11-8-5-2/h9,12,15,18,21,24,28,31,35,38,56H,4-8,10-11,13-14,16-17,19-20,22-23,25-27,29-30,32-34,36-37,39-55H2,1-3H3/b12-9+,18-15+,24-21+,31-28+,38-35+. The number of rotatable bonds is 50. The van der Waals surface area contributed by atoms with Crippen molar-refractivity contribution >= 4 is 17.9 Å². The molecule has 0 aliphatic carbocycles. The number of ether oxygens (including phenoxy) is 3. The highest BCUT2D eigenvalue weighted by Gasteiger charge is 2.19. The van der Waals surface area contributed by atoms with Crippen molar-refractivity contribution < 1.29 is 28.6 Å². The molecule has 0 aromatic heterocycles. The second kappa shape index (κ2) is 53.7. The number of hydrogen-bond acceptors (Lipinski definition) is 6. The van der Waals surface area contributed by atoms with Crippen LogP contribution in [-0.4, -0.2) is 37.2 Å². The molecule has 1 unspecified atom stereocenters. The second-order valence-corrected chi connectivity index (χ2v) is 18.6. The number of unbranched alkanes of at least 4 members (excludes halogenated alkanes) is 32. The number of hydrogen-bond donors (Lipinski definition) is 0. The van der Waals surface area contributed by atoms with E-state index in [1.807, 2.05) is 0 Å². The van der Waals surface area contributed by atoms with E-state index < -0.39 is 6.10 Å². The summed E-state index contributed by atoms with van der Waals surface area (Å²) >= 11 is 0. The molecule has 376 valence electrons. The van der Waals surface area contributed by atoms with Crippen molar-refractivity contribution in [3.63, 3.8) is 0 Å². The maximum Gasteiger partial charge on any atom is 0.306 e. The number of carbonyl (C=O) groups is 3. The van der Waals surface area contributed by atoms with Gasteiger partial charge in [0.2, 0.25) is 0 Å². The summed E-state index contributed by atoms with van der Waals surface area (Å²) in [7, 11) is 0. The molecule has 0 N–H and O–H groups in total. The van der Waals surface area contributed by atoms with E-state index in [-0.39, 0.29) is 31.1 Å². The average Bonchev–Trinajstić information content (AvgIpc) is 3.30. The van der Waals surface area contributed by atoms with E-state index in [1.165, 1.54) is 141 Å². The molecule has 0 bridgehead atoms. The number of allylic oxidation sites excluding steroid dienone is 10. The second-order valence-electron chi connectivity index (χ2n) is 18.6. The van der Waals surface area contributed by atoms with Crippen LogP contribution in [0.15, 0.2) is 60.8 Å². The molecule has 0 aromatic rings. The Bertz CT molecular complexity index is 1180. The first kappa shape index (κ1) is 62.1. The summed E-state index contributed by atoms with van der Waals surface area (Å²) in [4.78, 5) is 38.1.